The van der Waals surface area contributed by atoms with Gasteiger partial charge in [-0.1, -0.05) is 0 Å². The maximum Gasteiger partial charge on any atom is 0.190 e. The molecule has 1 aromatic rings. The SMILES string of the molecule is COCCCOc1c(F)cc(N)cc1F. The van der Waals surface area contributed by atoms with Gasteiger partial charge in [0.2, 0.25) is 0 Å². The van der Waals surface area contributed by atoms with Crippen molar-refractivity contribution in [1.29, 1.82) is 0 Å². The summed E-state index contributed by atoms with van der Waals surface area (Å²) in [7, 11) is 1.55. The highest BCUT2D eigenvalue weighted by Crippen LogP contribution is 2.24. The topological polar surface area (TPSA) is 44.5 Å². The van der Waals surface area contributed by atoms with Gasteiger partial charge in [-0.2, -0.15) is 0 Å². The van der Waals surface area contributed by atoms with Crippen molar-refractivity contribution in [2.24, 2.45) is 0 Å². The number of hydrogen-bond donors (Lipinski definition) is 1. The minimum absolute atomic E-state index is 0.0363. The predicted molar refractivity (Wildman–Crippen MR) is 52.8 cm³/mol. The van der Waals surface area contributed by atoms with Gasteiger partial charge >= 0.3 is 0 Å². The summed E-state index contributed by atoms with van der Waals surface area (Å²) >= 11 is 0. The molecule has 0 spiro atoms. The largest absolute Gasteiger partial charge is 0.488 e. The molecule has 84 valence electrons. The van der Waals surface area contributed by atoms with E-state index < -0.39 is 11.6 Å². The Morgan fingerprint density at radius 2 is 1.80 bits per heavy atom. The number of nitrogens with two attached hydrogens (primary N) is 1. The van der Waals surface area contributed by atoms with Crippen molar-refractivity contribution in [3.05, 3.63) is 23.8 Å². The van der Waals surface area contributed by atoms with Crippen LogP contribution >= 0.6 is 0 Å². The van der Waals surface area contributed by atoms with Gasteiger partial charge in [-0.15, -0.1) is 0 Å². The minimum Gasteiger partial charge on any atom is -0.488 e. The van der Waals surface area contributed by atoms with Crippen LogP contribution in [0.15, 0.2) is 12.1 Å². The average molecular weight is 217 g/mol. The van der Waals surface area contributed by atoms with Gasteiger partial charge in [0.15, 0.2) is 17.4 Å². The maximum absolute atomic E-state index is 13.1. The van der Waals surface area contributed by atoms with Crippen LogP contribution in [0.1, 0.15) is 6.42 Å². The van der Waals surface area contributed by atoms with Crippen molar-refractivity contribution < 1.29 is 18.3 Å². The summed E-state index contributed by atoms with van der Waals surface area (Å²) in [6.07, 6.45) is 0.569. The van der Waals surface area contributed by atoms with Crippen molar-refractivity contribution in [2.75, 3.05) is 26.1 Å². The number of nitrogen functional groups attached to an aromatic ring is 1. The standard InChI is InChI=1S/C10H13F2NO2/c1-14-3-2-4-15-10-8(11)5-7(13)6-9(10)12/h5-6H,2-4,13H2,1H3. The van der Waals surface area contributed by atoms with Crippen LogP contribution < -0.4 is 10.5 Å². The molecule has 2 N–H and O–H groups in total. The lowest BCUT2D eigenvalue weighted by molar-refractivity contribution is 0.168. The van der Waals surface area contributed by atoms with Crippen LogP contribution in [0.3, 0.4) is 0 Å². The zero-order chi connectivity index (χ0) is 11.3. The van der Waals surface area contributed by atoms with Gasteiger partial charge in [0.25, 0.3) is 0 Å². The highest BCUT2D eigenvalue weighted by molar-refractivity contribution is 5.44. The number of halogens is 2. The van der Waals surface area contributed by atoms with E-state index >= 15 is 0 Å². The molecule has 0 aliphatic heterocycles. The summed E-state index contributed by atoms with van der Waals surface area (Å²) in [4.78, 5) is 0. The number of anilines is 1. The van der Waals surface area contributed by atoms with E-state index in [1.54, 1.807) is 7.11 Å². The van der Waals surface area contributed by atoms with Crippen LogP contribution in [-0.2, 0) is 4.74 Å². The van der Waals surface area contributed by atoms with Crippen LogP contribution in [0.5, 0.6) is 5.75 Å². The third-order valence-electron chi connectivity index (χ3n) is 1.76. The monoisotopic (exact) mass is 217 g/mol. The second-order valence-corrected chi connectivity index (χ2v) is 3.01. The number of ether oxygens (including phenoxy) is 2. The van der Waals surface area contributed by atoms with E-state index in [-0.39, 0.29) is 18.0 Å². The Hall–Kier alpha value is -1.36. The maximum atomic E-state index is 13.1. The third kappa shape index (κ3) is 3.36. The van der Waals surface area contributed by atoms with Crippen LogP contribution in [0.2, 0.25) is 0 Å². The predicted octanol–water partition coefficient (Wildman–Crippen LogP) is 1.96. The summed E-state index contributed by atoms with van der Waals surface area (Å²) in [6.45, 7) is 0.684. The van der Waals surface area contributed by atoms with Crippen molar-refractivity contribution in [1.82, 2.24) is 0 Å². The molecule has 0 saturated carbocycles. The fourth-order valence-corrected chi connectivity index (χ4v) is 1.09. The quantitative estimate of drug-likeness (QED) is 0.605. The summed E-state index contributed by atoms with van der Waals surface area (Å²) in [5.41, 5.74) is 5.29. The van der Waals surface area contributed by atoms with Crippen molar-refractivity contribution in [2.45, 2.75) is 6.42 Å². The van der Waals surface area contributed by atoms with Crippen molar-refractivity contribution in [3.63, 3.8) is 0 Å². The highest BCUT2D eigenvalue weighted by atomic mass is 19.1. The Kier molecular flexibility index (Phi) is 4.30. The summed E-state index contributed by atoms with van der Waals surface area (Å²) in [5.74, 6) is -1.96. The molecule has 5 heteroatoms. The van der Waals surface area contributed by atoms with E-state index in [1.807, 2.05) is 0 Å². The van der Waals surface area contributed by atoms with Gasteiger partial charge in [0.05, 0.1) is 6.61 Å². The van der Waals surface area contributed by atoms with E-state index in [4.69, 9.17) is 15.2 Å². The first-order chi connectivity index (χ1) is 7.15. The molecule has 0 saturated heterocycles. The van der Waals surface area contributed by atoms with Gasteiger partial charge in [-0.3, -0.25) is 0 Å². The molecular formula is C10H13F2NO2. The summed E-state index contributed by atoms with van der Waals surface area (Å²) in [6, 6.07) is 2.05. The molecule has 15 heavy (non-hydrogen) atoms. The minimum atomic E-state index is -0.787. The van der Waals surface area contributed by atoms with Crippen molar-refractivity contribution >= 4 is 5.69 Å². The smallest absolute Gasteiger partial charge is 0.190 e. The first-order valence-electron chi connectivity index (χ1n) is 4.51. The van der Waals surface area contributed by atoms with Gasteiger partial charge in [0, 0.05) is 38.0 Å². The molecule has 0 aliphatic carbocycles. The lowest BCUT2D eigenvalue weighted by atomic mass is 10.3. The Labute approximate surface area is 86.8 Å². The fraction of sp³-hybridized carbons (Fsp3) is 0.400. The number of hydrogen-bond acceptors (Lipinski definition) is 3. The van der Waals surface area contributed by atoms with Crippen LogP contribution in [-0.4, -0.2) is 20.3 Å². The molecule has 1 aromatic carbocycles. The Balaban J connectivity index is 2.60. The highest BCUT2D eigenvalue weighted by Gasteiger charge is 2.11. The molecule has 0 radical (unpaired) electrons. The lowest BCUT2D eigenvalue weighted by Gasteiger charge is -2.08. The van der Waals surface area contributed by atoms with E-state index in [0.29, 0.717) is 13.0 Å². The van der Waals surface area contributed by atoms with E-state index in [0.717, 1.165) is 12.1 Å². The molecule has 0 unspecified atom stereocenters. The molecule has 0 heterocycles. The second-order valence-electron chi connectivity index (χ2n) is 3.01. The lowest BCUT2D eigenvalue weighted by Crippen LogP contribution is -2.05. The molecule has 0 atom stereocenters. The van der Waals surface area contributed by atoms with E-state index in [9.17, 15) is 8.78 Å². The van der Waals surface area contributed by atoms with Crippen LogP contribution in [0, 0.1) is 11.6 Å². The van der Waals surface area contributed by atoms with E-state index in [2.05, 4.69) is 0 Å². The molecule has 3 nitrogen and oxygen atoms in total. The van der Waals surface area contributed by atoms with Gasteiger partial charge < -0.3 is 15.2 Å². The molecule has 0 fully saturated rings. The Bertz CT molecular complexity index is 308. The Morgan fingerprint density at radius 3 is 2.33 bits per heavy atom. The summed E-state index contributed by atoms with van der Waals surface area (Å²) in [5, 5.41) is 0. The number of rotatable bonds is 5. The molecule has 0 aromatic heterocycles. The zero-order valence-electron chi connectivity index (χ0n) is 8.43. The Morgan fingerprint density at radius 1 is 1.20 bits per heavy atom. The number of methoxy groups -OCH3 is 1. The first kappa shape index (κ1) is 11.7. The van der Waals surface area contributed by atoms with Gasteiger partial charge in [0.1, 0.15) is 0 Å². The zero-order valence-corrected chi connectivity index (χ0v) is 8.43. The molecule has 0 aliphatic rings. The molecule has 1 rings (SSSR count). The first-order valence-corrected chi connectivity index (χ1v) is 4.51. The van der Waals surface area contributed by atoms with Crippen LogP contribution in [0.25, 0.3) is 0 Å². The van der Waals surface area contributed by atoms with E-state index in [1.165, 1.54) is 0 Å². The van der Waals surface area contributed by atoms with Gasteiger partial charge in [-0.05, 0) is 0 Å². The number of benzene rings is 1. The van der Waals surface area contributed by atoms with Crippen molar-refractivity contribution in [3.8, 4) is 5.75 Å². The van der Waals surface area contributed by atoms with Gasteiger partial charge in [-0.25, -0.2) is 8.78 Å². The second kappa shape index (κ2) is 5.50. The fourth-order valence-electron chi connectivity index (χ4n) is 1.09. The third-order valence-corrected chi connectivity index (χ3v) is 1.76. The molecule has 0 bridgehead atoms. The average Bonchev–Trinajstić information content (AvgIpc) is 2.15. The molecular weight excluding hydrogens is 204 g/mol. The summed E-state index contributed by atoms with van der Waals surface area (Å²) < 4.78 is 36.0. The normalized spacial score (nSPS) is 10.3. The molecule has 0 amide bonds. The van der Waals surface area contributed by atoms with Crippen LogP contribution in [0.4, 0.5) is 14.5 Å².